The Morgan fingerprint density at radius 2 is 2.50 bits per heavy atom. The Hall–Kier alpha value is -1.00. The highest BCUT2D eigenvalue weighted by Crippen LogP contribution is 2.21. The standard InChI is InChI=1S/C12H20N2O2/c1-2-3-6-15-12-8-16-11-7-9(13)4-5-10(11)14-12/h4,7,10,12,14H,2-3,5-6,8,13H2,1H3/t10?,12-/m1/s1. The summed E-state index contributed by atoms with van der Waals surface area (Å²) in [6, 6.07) is 0.229. The van der Waals surface area contributed by atoms with Crippen LogP contribution in [0.25, 0.3) is 0 Å². The monoisotopic (exact) mass is 224 g/mol. The summed E-state index contributed by atoms with van der Waals surface area (Å²) in [7, 11) is 0. The topological polar surface area (TPSA) is 56.5 Å². The molecule has 4 nitrogen and oxygen atoms in total. The van der Waals surface area contributed by atoms with Crippen molar-refractivity contribution in [3.8, 4) is 0 Å². The van der Waals surface area contributed by atoms with Crippen LogP contribution in [-0.4, -0.2) is 25.5 Å². The molecule has 1 unspecified atom stereocenters. The number of unbranched alkanes of at least 4 members (excludes halogenated alkanes) is 1. The van der Waals surface area contributed by atoms with Crippen molar-refractivity contribution in [1.29, 1.82) is 0 Å². The van der Waals surface area contributed by atoms with Gasteiger partial charge >= 0.3 is 0 Å². The molecule has 1 saturated heterocycles. The fourth-order valence-electron chi connectivity index (χ4n) is 1.90. The summed E-state index contributed by atoms with van der Waals surface area (Å²) < 4.78 is 11.3. The minimum Gasteiger partial charge on any atom is -0.492 e. The quantitative estimate of drug-likeness (QED) is 0.706. The smallest absolute Gasteiger partial charge is 0.143 e. The SMILES string of the molecule is CCCCO[C@@H]1COC2=CC(N)=CCC2N1. The van der Waals surface area contributed by atoms with E-state index in [0.29, 0.717) is 6.61 Å². The summed E-state index contributed by atoms with van der Waals surface area (Å²) in [5.74, 6) is 0.940. The number of allylic oxidation sites excluding steroid dienone is 1. The minimum absolute atomic E-state index is 0.0152. The summed E-state index contributed by atoms with van der Waals surface area (Å²) in [6.07, 6.45) is 7.05. The molecule has 1 heterocycles. The first kappa shape index (κ1) is 11.5. The lowest BCUT2D eigenvalue weighted by atomic mass is 10.0. The molecule has 1 aliphatic heterocycles. The zero-order valence-electron chi connectivity index (χ0n) is 9.74. The van der Waals surface area contributed by atoms with Crippen molar-refractivity contribution >= 4 is 0 Å². The van der Waals surface area contributed by atoms with Crippen molar-refractivity contribution in [2.45, 2.75) is 38.5 Å². The highest BCUT2D eigenvalue weighted by Gasteiger charge is 2.27. The van der Waals surface area contributed by atoms with Crippen molar-refractivity contribution in [2.75, 3.05) is 13.2 Å². The van der Waals surface area contributed by atoms with Crippen LogP contribution < -0.4 is 11.1 Å². The van der Waals surface area contributed by atoms with E-state index in [1.807, 2.05) is 12.2 Å². The predicted octanol–water partition coefficient (Wildman–Crippen LogP) is 1.25. The maximum atomic E-state index is 5.72. The van der Waals surface area contributed by atoms with Gasteiger partial charge in [0.05, 0.1) is 6.04 Å². The Morgan fingerprint density at radius 3 is 3.31 bits per heavy atom. The number of morpholine rings is 1. The zero-order valence-corrected chi connectivity index (χ0v) is 9.74. The molecule has 0 spiro atoms. The molecule has 90 valence electrons. The highest BCUT2D eigenvalue weighted by molar-refractivity contribution is 5.27. The molecule has 1 aliphatic carbocycles. The van der Waals surface area contributed by atoms with Crippen molar-refractivity contribution in [3.05, 3.63) is 23.6 Å². The van der Waals surface area contributed by atoms with Crippen molar-refractivity contribution in [2.24, 2.45) is 5.73 Å². The maximum Gasteiger partial charge on any atom is 0.143 e. The normalized spacial score (nSPS) is 28.8. The Morgan fingerprint density at radius 1 is 1.62 bits per heavy atom. The molecule has 1 fully saturated rings. The number of rotatable bonds is 4. The molecule has 4 heteroatoms. The van der Waals surface area contributed by atoms with Gasteiger partial charge in [0, 0.05) is 18.4 Å². The molecule has 2 aliphatic rings. The van der Waals surface area contributed by atoms with Gasteiger partial charge in [-0.1, -0.05) is 19.4 Å². The van der Waals surface area contributed by atoms with Crippen LogP contribution in [0.4, 0.5) is 0 Å². The van der Waals surface area contributed by atoms with Crippen LogP contribution >= 0.6 is 0 Å². The van der Waals surface area contributed by atoms with E-state index >= 15 is 0 Å². The lowest BCUT2D eigenvalue weighted by Gasteiger charge is -2.34. The van der Waals surface area contributed by atoms with Crippen LogP contribution in [0.2, 0.25) is 0 Å². The molecule has 0 aromatic rings. The van der Waals surface area contributed by atoms with E-state index in [1.165, 1.54) is 0 Å². The fraction of sp³-hybridized carbons (Fsp3) is 0.667. The van der Waals surface area contributed by atoms with E-state index in [4.69, 9.17) is 15.2 Å². The van der Waals surface area contributed by atoms with Crippen LogP contribution in [0.3, 0.4) is 0 Å². The van der Waals surface area contributed by atoms with Gasteiger partial charge in [-0.05, 0) is 12.8 Å². The number of hydrogen-bond donors (Lipinski definition) is 2. The Kier molecular flexibility index (Phi) is 3.85. The van der Waals surface area contributed by atoms with Crippen LogP contribution in [0.5, 0.6) is 0 Å². The lowest BCUT2D eigenvalue weighted by Crippen LogP contribution is -2.49. The van der Waals surface area contributed by atoms with E-state index in [9.17, 15) is 0 Å². The van der Waals surface area contributed by atoms with E-state index in [0.717, 1.165) is 37.3 Å². The van der Waals surface area contributed by atoms with Crippen molar-refractivity contribution < 1.29 is 9.47 Å². The second-order valence-electron chi connectivity index (χ2n) is 4.23. The molecule has 16 heavy (non-hydrogen) atoms. The number of nitrogens with one attached hydrogen (secondary N) is 1. The average molecular weight is 224 g/mol. The third-order valence-electron chi connectivity index (χ3n) is 2.85. The number of nitrogens with two attached hydrogens (primary N) is 1. The van der Waals surface area contributed by atoms with Crippen LogP contribution in [0, 0.1) is 0 Å². The van der Waals surface area contributed by atoms with E-state index < -0.39 is 0 Å². The first-order valence-electron chi connectivity index (χ1n) is 5.97. The number of hydrogen-bond acceptors (Lipinski definition) is 4. The predicted molar refractivity (Wildman–Crippen MR) is 62.5 cm³/mol. The number of fused-ring (bicyclic) bond motifs is 1. The molecular formula is C12H20N2O2. The average Bonchev–Trinajstić information content (AvgIpc) is 2.29. The van der Waals surface area contributed by atoms with E-state index in [-0.39, 0.29) is 12.3 Å². The first-order valence-corrected chi connectivity index (χ1v) is 5.97. The summed E-state index contributed by atoms with van der Waals surface area (Å²) in [4.78, 5) is 0. The summed E-state index contributed by atoms with van der Waals surface area (Å²) >= 11 is 0. The zero-order chi connectivity index (χ0) is 11.4. The van der Waals surface area contributed by atoms with Crippen LogP contribution in [0.1, 0.15) is 26.2 Å². The fourth-order valence-corrected chi connectivity index (χ4v) is 1.90. The third-order valence-corrected chi connectivity index (χ3v) is 2.85. The molecule has 0 radical (unpaired) electrons. The van der Waals surface area contributed by atoms with Gasteiger partial charge in [-0.15, -0.1) is 0 Å². The molecule has 2 atom stereocenters. The Balaban J connectivity index is 1.81. The van der Waals surface area contributed by atoms with E-state index in [2.05, 4.69) is 12.2 Å². The van der Waals surface area contributed by atoms with Gasteiger partial charge in [0.1, 0.15) is 18.6 Å². The largest absolute Gasteiger partial charge is 0.492 e. The second-order valence-corrected chi connectivity index (χ2v) is 4.23. The number of ether oxygens (including phenoxy) is 2. The van der Waals surface area contributed by atoms with Gasteiger partial charge in [-0.3, -0.25) is 5.32 Å². The molecular weight excluding hydrogens is 204 g/mol. The van der Waals surface area contributed by atoms with E-state index in [1.54, 1.807) is 0 Å². The molecule has 0 aromatic heterocycles. The second kappa shape index (κ2) is 5.37. The van der Waals surface area contributed by atoms with Crippen molar-refractivity contribution in [1.82, 2.24) is 5.32 Å². The minimum atomic E-state index is 0.0152. The van der Waals surface area contributed by atoms with Gasteiger partial charge in [0.25, 0.3) is 0 Å². The Bertz CT molecular complexity index is 299. The lowest BCUT2D eigenvalue weighted by molar-refractivity contribution is -0.0528. The van der Waals surface area contributed by atoms with Gasteiger partial charge in [0.15, 0.2) is 0 Å². The van der Waals surface area contributed by atoms with Gasteiger partial charge in [-0.25, -0.2) is 0 Å². The highest BCUT2D eigenvalue weighted by atomic mass is 16.5. The van der Waals surface area contributed by atoms with Gasteiger partial charge in [-0.2, -0.15) is 0 Å². The summed E-state index contributed by atoms with van der Waals surface area (Å²) in [5, 5.41) is 3.42. The molecule has 0 aromatic carbocycles. The third kappa shape index (κ3) is 2.77. The first-order chi connectivity index (χ1) is 7.79. The van der Waals surface area contributed by atoms with Crippen LogP contribution in [-0.2, 0) is 9.47 Å². The molecule has 0 amide bonds. The van der Waals surface area contributed by atoms with Gasteiger partial charge in [0.2, 0.25) is 0 Å². The molecule has 0 saturated carbocycles. The van der Waals surface area contributed by atoms with Crippen molar-refractivity contribution in [3.63, 3.8) is 0 Å². The van der Waals surface area contributed by atoms with Gasteiger partial charge < -0.3 is 15.2 Å². The van der Waals surface area contributed by atoms with Crippen LogP contribution in [0.15, 0.2) is 23.6 Å². The summed E-state index contributed by atoms with van der Waals surface area (Å²) in [5.41, 5.74) is 6.51. The summed E-state index contributed by atoms with van der Waals surface area (Å²) in [6.45, 7) is 3.52. The molecule has 0 bridgehead atoms. The molecule has 2 rings (SSSR count). The maximum absolute atomic E-state index is 5.72. The molecule has 3 N–H and O–H groups in total. The Labute approximate surface area is 96.5 Å².